The van der Waals surface area contributed by atoms with E-state index in [0.29, 0.717) is 17.2 Å². The molecule has 0 bridgehead atoms. The Balaban J connectivity index is 3.62. The quantitative estimate of drug-likeness (QED) is 0.729. The number of anilines is 1. The number of nitrogens with one attached hydrogen (secondary N) is 1. The van der Waals surface area contributed by atoms with Gasteiger partial charge in [-0.2, -0.15) is 0 Å². The first kappa shape index (κ1) is 10.2. The molecule has 5 heteroatoms. The van der Waals surface area contributed by atoms with Crippen LogP contribution in [-0.4, -0.2) is 25.0 Å². The fourth-order valence-electron chi connectivity index (χ4n) is 1.19. The maximum absolute atomic E-state index is 11.6. The minimum atomic E-state index is -0.165. The smallest absolute Gasteiger partial charge is 0.275 e. The molecule has 0 saturated heterocycles. The molecule has 1 aromatic heterocycles. The van der Waals surface area contributed by atoms with Crippen LogP contribution >= 0.6 is 0 Å². The van der Waals surface area contributed by atoms with Gasteiger partial charge in [0.05, 0.1) is 0 Å². The molecule has 0 atom stereocenters. The zero-order valence-corrected chi connectivity index (χ0v) is 8.24. The molecule has 14 heavy (non-hydrogen) atoms. The van der Waals surface area contributed by atoms with Gasteiger partial charge < -0.3 is 5.32 Å². The SMILES string of the molecule is C=Nc1cc(NC)c(=O)n(C)c1N=C. The van der Waals surface area contributed by atoms with E-state index >= 15 is 0 Å². The molecular weight excluding hydrogens is 180 g/mol. The maximum Gasteiger partial charge on any atom is 0.275 e. The van der Waals surface area contributed by atoms with E-state index in [2.05, 4.69) is 28.7 Å². The van der Waals surface area contributed by atoms with Gasteiger partial charge in [0.25, 0.3) is 5.56 Å². The molecule has 1 rings (SSSR count). The third-order valence-corrected chi connectivity index (χ3v) is 1.95. The second-order valence-corrected chi connectivity index (χ2v) is 2.70. The number of nitrogens with zero attached hydrogens (tertiary/aromatic N) is 3. The molecule has 1 N–H and O–H groups in total. The van der Waals surface area contributed by atoms with E-state index in [4.69, 9.17) is 0 Å². The molecule has 0 aliphatic heterocycles. The third kappa shape index (κ3) is 1.44. The molecule has 0 saturated carbocycles. The highest BCUT2D eigenvalue weighted by Crippen LogP contribution is 2.26. The van der Waals surface area contributed by atoms with Crippen LogP contribution in [-0.2, 0) is 7.05 Å². The predicted octanol–water partition coefficient (Wildman–Crippen LogP) is 1.09. The van der Waals surface area contributed by atoms with Gasteiger partial charge in [-0.3, -0.25) is 14.4 Å². The van der Waals surface area contributed by atoms with Crippen molar-refractivity contribution in [2.24, 2.45) is 17.0 Å². The Morgan fingerprint density at radius 3 is 2.50 bits per heavy atom. The van der Waals surface area contributed by atoms with Crippen molar-refractivity contribution >= 4 is 30.6 Å². The van der Waals surface area contributed by atoms with E-state index in [1.807, 2.05) is 0 Å². The first-order valence-corrected chi connectivity index (χ1v) is 4.01. The van der Waals surface area contributed by atoms with Crippen molar-refractivity contribution in [1.29, 1.82) is 0 Å². The monoisotopic (exact) mass is 192 g/mol. The van der Waals surface area contributed by atoms with Crippen LogP contribution in [0, 0.1) is 0 Å². The van der Waals surface area contributed by atoms with Crippen molar-refractivity contribution in [3.8, 4) is 0 Å². The Bertz CT molecular complexity index is 433. The summed E-state index contributed by atoms with van der Waals surface area (Å²) in [7, 11) is 3.28. The van der Waals surface area contributed by atoms with Crippen molar-refractivity contribution in [2.45, 2.75) is 0 Å². The van der Waals surface area contributed by atoms with E-state index in [1.54, 1.807) is 20.2 Å². The number of aromatic nitrogens is 1. The van der Waals surface area contributed by atoms with Crippen LogP contribution in [0.4, 0.5) is 17.2 Å². The molecule has 74 valence electrons. The lowest BCUT2D eigenvalue weighted by molar-refractivity contribution is 0.864. The fraction of sp³-hybridized carbons (Fsp3) is 0.222. The van der Waals surface area contributed by atoms with Crippen molar-refractivity contribution in [1.82, 2.24) is 4.57 Å². The van der Waals surface area contributed by atoms with Gasteiger partial charge in [-0.25, -0.2) is 4.99 Å². The Morgan fingerprint density at radius 2 is 2.07 bits per heavy atom. The molecule has 1 aromatic rings. The zero-order chi connectivity index (χ0) is 10.7. The lowest BCUT2D eigenvalue weighted by Crippen LogP contribution is -2.19. The zero-order valence-electron chi connectivity index (χ0n) is 8.24. The summed E-state index contributed by atoms with van der Waals surface area (Å²) in [6.45, 7) is 6.78. The minimum absolute atomic E-state index is 0.165. The number of aliphatic imine (C=N–C) groups is 2. The van der Waals surface area contributed by atoms with Gasteiger partial charge in [-0.05, 0) is 19.5 Å². The van der Waals surface area contributed by atoms with Crippen molar-refractivity contribution in [2.75, 3.05) is 12.4 Å². The Labute approximate surface area is 81.8 Å². The molecule has 0 amide bonds. The molecule has 5 nitrogen and oxygen atoms in total. The van der Waals surface area contributed by atoms with Gasteiger partial charge in [0.1, 0.15) is 11.4 Å². The Hall–Kier alpha value is -1.91. The molecule has 1 heterocycles. The first-order valence-electron chi connectivity index (χ1n) is 4.01. The largest absolute Gasteiger partial charge is 0.384 e. The third-order valence-electron chi connectivity index (χ3n) is 1.95. The number of hydrogen-bond donors (Lipinski definition) is 1. The van der Waals surface area contributed by atoms with E-state index in [1.165, 1.54) is 4.57 Å². The molecule has 0 unspecified atom stereocenters. The van der Waals surface area contributed by atoms with Gasteiger partial charge in [0, 0.05) is 14.1 Å². The summed E-state index contributed by atoms with van der Waals surface area (Å²) in [6, 6.07) is 1.60. The van der Waals surface area contributed by atoms with Crippen LogP contribution in [0.5, 0.6) is 0 Å². The summed E-state index contributed by atoms with van der Waals surface area (Å²) < 4.78 is 1.38. The van der Waals surface area contributed by atoms with Crippen LogP contribution in [0.25, 0.3) is 0 Å². The molecular formula is C9H12N4O. The average Bonchev–Trinajstić information content (AvgIpc) is 2.21. The Kier molecular flexibility index (Phi) is 2.81. The highest BCUT2D eigenvalue weighted by atomic mass is 16.1. The van der Waals surface area contributed by atoms with Crippen LogP contribution in [0.2, 0.25) is 0 Å². The normalized spacial score (nSPS) is 9.57. The van der Waals surface area contributed by atoms with Gasteiger partial charge in [0.2, 0.25) is 0 Å². The number of pyridine rings is 1. The van der Waals surface area contributed by atoms with Gasteiger partial charge in [-0.1, -0.05) is 0 Å². The van der Waals surface area contributed by atoms with E-state index in [0.717, 1.165) is 0 Å². The lowest BCUT2D eigenvalue weighted by atomic mass is 10.3. The van der Waals surface area contributed by atoms with E-state index in [9.17, 15) is 4.79 Å². The van der Waals surface area contributed by atoms with Gasteiger partial charge in [-0.15, -0.1) is 0 Å². The number of hydrogen-bond acceptors (Lipinski definition) is 4. The summed E-state index contributed by atoms with van der Waals surface area (Å²) in [4.78, 5) is 19.1. The minimum Gasteiger partial charge on any atom is -0.384 e. The molecule has 0 aliphatic rings. The second-order valence-electron chi connectivity index (χ2n) is 2.70. The Morgan fingerprint density at radius 1 is 1.43 bits per heavy atom. The first-order chi connectivity index (χ1) is 6.65. The van der Waals surface area contributed by atoms with Crippen LogP contribution in [0.3, 0.4) is 0 Å². The van der Waals surface area contributed by atoms with Crippen LogP contribution in [0.1, 0.15) is 0 Å². The van der Waals surface area contributed by atoms with Gasteiger partial charge >= 0.3 is 0 Å². The van der Waals surface area contributed by atoms with Crippen molar-refractivity contribution < 1.29 is 0 Å². The number of rotatable bonds is 3. The topological polar surface area (TPSA) is 58.8 Å². The summed E-state index contributed by atoms with van der Waals surface area (Å²) >= 11 is 0. The molecule has 0 spiro atoms. The van der Waals surface area contributed by atoms with Crippen LogP contribution in [0.15, 0.2) is 20.8 Å². The second kappa shape index (κ2) is 3.87. The summed E-state index contributed by atoms with van der Waals surface area (Å²) in [6.07, 6.45) is 0. The van der Waals surface area contributed by atoms with E-state index < -0.39 is 0 Å². The summed E-state index contributed by atoms with van der Waals surface area (Å²) in [5.74, 6) is 0.420. The molecule has 0 fully saturated rings. The lowest BCUT2D eigenvalue weighted by Gasteiger charge is -2.08. The predicted molar refractivity (Wildman–Crippen MR) is 59.6 cm³/mol. The molecule has 0 aromatic carbocycles. The van der Waals surface area contributed by atoms with E-state index in [-0.39, 0.29) is 5.56 Å². The highest BCUT2D eigenvalue weighted by Gasteiger charge is 2.08. The maximum atomic E-state index is 11.6. The fourth-order valence-corrected chi connectivity index (χ4v) is 1.19. The molecule has 0 radical (unpaired) electrons. The average molecular weight is 192 g/mol. The van der Waals surface area contributed by atoms with Crippen molar-refractivity contribution in [3.05, 3.63) is 16.4 Å². The highest BCUT2D eigenvalue weighted by molar-refractivity contribution is 5.68. The summed E-state index contributed by atoms with van der Waals surface area (Å²) in [5.41, 5.74) is 0.830. The standard InChI is InChI=1S/C9H12N4O/c1-10-6-5-7(11-2)9(14)13(4)8(6)12-3/h5,11H,1,3H2,2,4H3. The molecule has 0 aliphatic carbocycles. The van der Waals surface area contributed by atoms with Crippen LogP contribution < -0.4 is 10.9 Å². The van der Waals surface area contributed by atoms with Crippen molar-refractivity contribution in [3.63, 3.8) is 0 Å². The van der Waals surface area contributed by atoms with Gasteiger partial charge in [0.15, 0.2) is 5.82 Å². The summed E-state index contributed by atoms with van der Waals surface area (Å²) in [5, 5.41) is 2.78.